The van der Waals surface area contributed by atoms with E-state index in [2.05, 4.69) is 10.7 Å². The predicted molar refractivity (Wildman–Crippen MR) is 174 cm³/mol. The van der Waals surface area contributed by atoms with E-state index in [1.54, 1.807) is 59.5 Å². The normalized spacial score (nSPS) is 13.3. The van der Waals surface area contributed by atoms with Gasteiger partial charge in [-0.1, -0.05) is 30.2 Å². The van der Waals surface area contributed by atoms with Crippen molar-refractivity contribution < 1.29 is 27.9 Å². The van der Waals surface area contributed by atoms with Crippen molar-refractivity contribution in [2.45, 2.75) is 53.6 Å². The van der Waals surface area contributed by atoms with Crippen LogP contribution in [0.25, 0.3) is 0 Å². The number of benzene rings is 3. The maximum Gasteiger partial charge on any atom is 0.341 e. The summed E-state index contributed by atoms with van der Waals surface area (Å²) in [6.07, 6.45) is 4.46. The second-order valence-electron chi connectivity index (χ2n) is 10.5. The fraction of sp³-hybridized carbons (Fsp3) is 0.281. The zero-order valence-corrected chi connectivity index (χ0v) is 26.9. The molecule has 3 aromatic carbocycles. The van der Waals surface area contributed by atoms with Gasteiger partial charge in [0.2, 0.25) is 0 Å². The number of nitrogens with one attached hydrogen (secondary N) is 1. The van der Waals surface area contributed by atoms with Crippen LogP contribution in [0.5, 0.6) is 5.75 Å². The zero-order chi connectivity index (χ0) is 31.1. The van der Waals surface area contributed by atoms with Crippen molar-refractivity contribution in [3.05, 3.63) is 99.0 Å². The molecule has 1 aromatic heterocycles. The van der Waals surface area contributed by atoms with E-state index in [0.717, 1.165) is 15.5 Å². The van der Waals surface area contributed by atoms with Gasteiger partial charge in [0.1, 0.15) is 10.8 Å². The molecule has 0 saturated heterocycles. The van der Waals surface area contributed by atoms with E-state index in [1.807, 2.05) is 18.2 Å². The highest BCUT2D eigenvalue weighted by Gasteiger charge is 2.22. The lowest BCUT2D eigenvalue weighted by atomic mass is 9.83. The lowest BCUT2D eigenvalue weighted by Crippen LogP contribution is -2.15. The van der Waals surface area contributed by atoms with Crippen molar-refractivity contribution in [3.8, 4) is 5.75 Å². The Kier molecular flexibility index (Phi) is 10.6. The van der Waals surface area contributed by atoms with Crippen LogP contribution in [-0.4, -0.2) is 42.7 Å². The van der Waals surface area contributed by atoms with Crippen LogP contribution in [0.15, 0.2) is 81.9 Å². The van der Waals surface area contributed by atoms with Crippen molar-refractivity contribution in [2.75, 3.05) is 17.7 Å². The van der Waals surface area contributed by atoms with Gasteiger partial charge in [0.25, 0.3) is 5.91 Å². The minimum atomic E-state index is -3.49. The van der Waals surface area contributed by atoms with Gasteiger partial charge in [-0.25, -0.2) is 18.2 Å². The number of carbonyl (C=O) groups is 2. The van der Waals surface area contributed by atoms with Crippen LogP contribution < -0.4 is 10.1 Å². The largest absolute Gasteiger partial charge is 0.480 e. The summed E-state index contributed by atoms with van der Waals surface area (Å²) in [6, 6.07) is 18.3. The molecule has 2 N–H and O–H groups in total. The number of aliphatic carboxylic acids is 1. The number of nitrogens with zero attached hydrogens (tertiary/aromatic N) is 1. The second-order valence-corrected chi connectivity index (χ2v) is 15.0. The number of halogens is 1. The van der Waals surface area contributed by atoms with Gasteiger partial charge in [-0.05, 0) is 85.8 Å². The fourth-order valence-corrected chi connectivity index (χ4v) is 7.96. The first-order valence-electron chi connectivity index (χ1n) is 14.1. The van der Waals surface area contributed by atoms with Crippen LogP contribution in [0.2, 0.25) is 5.02 Å². The molecule has 1 saturated carbocycles. The Labute approximate surface area is 269 Å². The smallest absolute Gasteiger partial charge is 0.341 e. The van der Waals surface area contributed by atoms with Gasteiger partial charge in [-0.2, -0.15) is 0 Å². The first-order chi connectivity index (χ1) is 21.2. The molecule has 8 nitrogen and oxygen atoms in total. The van der Waals surface area contributed by atoms with E-state index >= 15 is 0 Å². The van der Waals surface area contributed by atoms with Crippen molar-refractivity contribution >= 4 is 62.1 Å². The van der Waals surface area contributed by atoms with E-state index in [9.17, 15) is 18.0 Å². The number of hydrogen-bond donors (Lipinski definition) is 2. The van der Waals surface area contributed by atoms with Crippen molar-refractivity contribution in [2.24, 2.45) is 0 Å². The highest BCUT2D eigenvalue weighted by atomic mass is 35.5. The Morgan fingerprint density at radius 1 is 1.09 bits per heavy atom. The fourth-order valence-electron chi connectivity index (χ4n) is 4.67. The monoisotopic (exact) mass is 670 g/mol. The number of rotatable bonds is 14. The molecule has 0 unspecified atom stereocenters. The number of amides is 1. The molecular formula is C32H31ClN2O6S3. The van der Waals surface area contributed by atoms with Crippen molar-refractivity contribution in [3.63, 3.8) is 0 Å². The molecule has 0 aliphatic heterocycles. The van der Waals surface area contributed by atoms with Gasteiger partial charge in [-0.15, -0.1) is 23.1 Å². The number of carbonyl (C=O) groups excluding carboxylic acids is 1. The van der Waals surface area contributed by atoms with Crippen LogP contribution in [0.4, 0.5) is 5.69 Å². The number of thioether (sulfide) groups is 1. The molecular weight excluding hydrogens is 640 g/mol. The lowest BCUT2D eigenvalue weighted by molar-refractivity contribution is -0.139. The number of carboxylic acids is 1. The maximum absolute atomic E-state index is 13.3. The second kappa shape index (κ2) is 14.6. The van der Waals surface area contributed by atoms with Crippen LogP contribution >= 0.6 is 34.7 Å². The Morgan fingerprint density at radius 3 is 2.61 bits per heavy atom. The molecule has 230 valence electrons. The van der Waals surface area contributed by atoms with E-state index in [-0.39, 0.29) is 22.3 Å². The number of ether oxygens (including phenoxy) is 1. The molecule has 1 heterocycles. The number of aryl methyl sites for hydroxylation is 1. The topological polar surface area (TPSA) is 123 Å². The van der Waals surface area contributed by atoms with Gasteiger partial charge in [0, 0.05) is 26.8 Å². The standard InChI is InChI=1S/C32H31ClN2O6S3/c33-24-10-12-26(13-11-24)44(39,40)15-3-4-21-9-14-29(41-18-31(36)37)27(16-21)35-32(38)23-7-2-8-25(17-23)42-20-30-34-28(19-43-30)22-5-1-6-22/h2,7-14,16-17,19,22H,1,3-6,15,18,20H2,(H,35,38)(H,36,37). The zero-order valence-electron chi connectivity index (χ0n) is 23.7. The highest BCUT2D eigenvalue weighted by Crippen LogP contribution is 2.37. The van der Waals surface area contributed by atoms with Gasteiger partial charge in [0.15, 0.2) is 16.4 Å². The highest BCUT2D eigenvalue weighted by molar-refractivity contribution is 7.98. The van der Waals surface area contributed by atoms with Gasteiger partial charge < -0.3 is 15.2 Å². The first kappa shape index (κ1) is 32.0. The summed E-state index contributed by atoms with van der Waals surface area (Å²) in [5.41, 5.74) is 2.70. The van der Waals surface area contributed by atoms with E-state index < -0.39 is 22.4 Å². The average Bonchev–Trinajstić information content (AvgIpc) is 3.43. The number of carboxylic acid groups (broad SMARTS) is 1. The Balaban J connectivity index is 1.24. The Bertz CT molecular complexity index is 1740. The molecule has 44 heavy (non-hydrogen) atoms. The summed E-state index contributed by atoms with van der Waals surface area (Å²) in [6.45, 7) is -0.576. The van der Waals surface area contributed by atoms with Crippen LogP contribution in [0.3, 0.4) is 0 Å². The molecule has 1 fully saturated rings. The number of aromatic nitrogens is 1. The van der Waals surface area contributed by atoms with E-state index in [4.69, 9.17) is 26.4 Å². The predicted octanol–water partition coefficient (Wildman–Crippen LogP) is 7.48. The summed E-state index contributed by atoms with van der Waals surface area (Å²) in [5, 5.41) is 15.6. The van der Waals surface area contributed by atoms with E-state index in [0.29, 0.717) is 40.8 Å². The average molecular weight is 671 g/mol. The third-order valence-corrected chi connectivity index (χ3v) is 11.4. The first-order valence-corrected chi connectivity index (χ1v) is 18.0. The lowest BCUT2D eigenvalue weighted by Gasteiger charge is -2.22. The molecule has 4 aromatic rings. The number of anilines is 1. The molecule has 1 aliphatic rings. The minimum Gasteiger partial charge on any atom is -0.480 e. The molecule has 0 bridgehead atoms. The summed E-state index contributed by atoms with van der Waals surface area (Å²) < 4.78 is 30.9. The summed E-state index contributed by atoms with van der Waals surface area (Å²) >= 11 is 9.16. The van der Waals surface area contributed by atoms with E-state index in [1.165, 1.54) is 37.1 Å². The third-order valence-electron chi connectivity index (χ3n) is 7.25. The summed E-state index contributed by atoms with van der Waals surface area (Å²) in [4.78, 5) is 30.4. The molecule has 0 atom stereocenters. The van der Waals surface area contributed by atoms with Gasteiger partial charge in [-0.3, -0.25) is 4.79 Å². The van der Waals surface area contributed by atoms with Crippen molar-refractivity contribution in [1.82, 2.24) is 4.98 Å². The molecule has 12 heteroatoms. The van der Waals surface area contributed by atoms with Crippen LogP contribution in [-0.2, 0) is 26.8 Å². The number of hydrogen-bond acceptors (Lipinski definition) is 8. The van der Waals surface area contributed by atoms with Gasteiger partial charge >= 0.3 is 5.97 Å². The Morgan fingerprint density at radius 2 is 1.89 bits per heavy atom. The van der Waals surface area contributed by atoms with Crippen molar-refractivity contribution in [1.29, 1.82) is 0 Å². The quantitative estimate of drug-likeness (QED) is 0.132. The molecule has 5 rings (SSSR count). The SMILES string of the molecule is O=C(O)COc1ccc(CCCS(=O)(=O)c2ccc(Cl)cc2)cc1NC(=O)c1cccc(SCc2nc(C3CCC3)cs2)c1. The maximum atomic E-state index is 13.3. The number of sulfone groups is 1. The molecule has 1 amide bonds. The number of thiazole rings is 1. The van der Waals surface area contributed by atoms with Crippen LogP contribution in [0, 0.1) is 0 Å². The third kappa shape index (κ3) is 8.62. The molecule has 1 aliphatic carbocycles. The Hall–Kier alpha value is -3.38. The minimum absolute atomic E-state index is 0.0685. The van der Waals surface area contributed by atoms with Gasteiger partial charge in [0.05, 0.1) is 27.8 Å². The molecule has 0 spiro atoms. The molecule has 0 radical (unpaired) electrons. The van der Waals surface area contributed by atoms with Crippen LogP contribution in [0.1, 0.15) is 58.2 Å². The summed E-state index contributed by atoms with van der Waals surface area (Å²) in [7, 11) is -3.49. The summed E-state index contributed by atoms with van der Waals surface area (Å²) in [5.74, 6) is -0.0795.